The van der Waals surface area contributed by atoms with E-state index in [-0.39, 0.29) is 11.8 Å². The van der Waals surface area contributed by atoms with Crippen molar-refractivity contribution in [2.75, 3.05) is 4.90 Å². The number of anilines is 1. The molecule has 1 atom stereocenters. The maximum Gasteiger partial charge on any atom is 0.234 e. The van der Waals surface area contributed by atoms with Crippen molar-refractivity contribution < 1.29 is 4.79 Å². The number of amides is 1. The van der Waals surface area contributed by atoms with Gasteiger partial charge in [0, 0.05) is 24.0 Å². The summed E-state index contributed by atoms with van der Waals surface area (Å²) in [5.41, 5.74) is 5.84. The van der Waals surface area contributed by atoms with Crippen LogP contribution in [-0.4, -0.2) is 15.7 Å². The lowest BCUT2D eigenvalue weighted by atomic mass is 9.91. The van der Waals surface area contributed by atoms with Crippen LogP contribution in [0.2, 0.25) is 0 Å². The number of hydrogen-bond donors (Lipinski definition) is 0. The number of aromatic nitrogens is 2. The Morgan fingerprint density at radius 2 is 1.90 bits per heavy atom. The third-order valence-electron chi connectivity index (χ3n) is 6.41. The molecule has 162 valence electrons. The number of aryl methyl sites for hydroxylation is 2. The largest absolute Gasteiger partial charge is 0.307 e. The van der Waals surface area contributed by atoms with Crippen LogP contribution in [0.15, 0.2) is 60.9 Å². The zero-order chi connectivity index (χ0) is 21.8. The highest BCUT2D eigenvalue weighted by Crippen LogP contribution is 2.34. The van der Waals surface area contributed by atoms with Gasteiger partial charge in [-0.3, -0.25) is 9.48 Å². The normalized spacial score (nSPS) is 16.1. The second kappa shape index (κ2) is 9.51. The Morgan fingerprint density at radius 1 is 1.13 bits per heavy atom. The summed E-state index contributed by atoms with van der Waals surface area (Å²) in [6, 6.07) is 17.0. The van der Waals surface area contributed by atoms with Crippen molar-refractivity contribution in [1.82, 2.24) is 9.78 Å². The molecule has 4 rings (SSSR count). The standard InChI is InChI=1S/C27H33N3O/c1-4-29-18-21(17-28-29)19-30(24-15-13-22(14-16-24)20(2)3)27(31)26-12-8-6-10-23-9-5-7-11-25(23)26/h5,7,9,11,13-18,20,26H,4,6,8,10,12,19H2,1-3H3. The van der Waals surface area contributed by atoms with Gasteiger partial charge in [-0.05, 0) is 60.9 Å². The number of nitrogens with zero attached hydrogens (tertiary/aromatic N) is 3. The lowest BCUT2D eigenvalue weighted by Gasteiger charge is -2.28. The van der Waals surface area contributed by atoms with E-state index in [0.29, 0.717) is 12.5 Å². The Bertz CT molecular complexity index is 1020. The fourth-order valence-corrected chi connectivity index (χ4v) is 4.55. The van der Waals surface area contributed by atoms with Gasteiger partial charge in [0.05, 0.1) is 18.7 Å². The van der Waals surface area contributed by atoms with E-state index >= 15 is 0 Å². The third-order valence-corrected chi connectivity index (χ3v) is 6.41. The molecule has 0 spiro atoms. The monoisotopic (exact) mass is 415 g/mol. The smallest absolute Gasteiger partial charge is 0.234 e. The summed E-state index contributed by atoms with van der Waals surface area (Å²) >= 11 is 0. The molecule has 1 aliphatic rings. The quantitative estimate of drug-likeness (QED) is 0.458. The first kappa shape index (κ1) is 21.4. The zero-order valence-corrected chi connectivity index (χ0v) is 18.9. The molecule has 0 saturated carbocycles. The highest BCUT2D eigenvalue weighted by molar-refractivity contribution is 5.98. The Kier molecular flexibility index (Phi) is 6.55. The molecule has 31 heavy (non-hydrogen) atoms. The number of rotatable bonds is 6. The molecule has 2 aromatic carbocycles. The van der Waals surface area contributed by atoms with Crippen LogP contribution < -0.4 is 4.90 Å². The highest BCUT2D eigenvalue weighted by Gasteiger charge is 2.30. The topological polar surface area (TPSA) is 38.1 Å². The van der Waals surface area contributed by atoms with E-state index in [1.165, 1.54) is 16.7 Å². The molecule has 1 aromatic heterocycles. The second-order valence-electron chi connectivity index (χ2n) is 8.87. The summed E-state index contributed by atoms with van der Waals surface area (Å²) in [4.78, 5) is 16.0. The number of benzene rings is 2. The van der Waals surface area contributed by atoms with Crippen molar-refractivity contribution in [3.8, 4) is 0 Å². The minimum absolute atomic E-state index is 0.0929. The van der Waals surface area contributed by atoms with E-state index in [1.807, 2.05) is 22.0 Å². The predicted molar refractivity (Wildman–Crippen MR) is 126 cm³/mol. The lowest BCUT2D eigenvalue weighted by Crippen LogP contribution is -2.35. The van der Waals surface area contributed by atoms with E-state index in [9.17, 15) is 4.79 Å². The minimum atomic E-state index is -0.0929. The van der Waals surface area contributed by atoms with Gasteiger partial charge in [-0.1, -0.05) is 56.7 Å². The molecule has 1 unspecified atom stereocenters. The van der Waals surface area contributed by atoms with Gasteiger partial charge in [0.25, 0.3) is 0 Å². The average molecular weight is 416 g/mol. The van der Waals surface area contributed by atoms with Crippen LogP contribution in [0.1, 0.15) is 74.1 Å². The molecule has 3 aromatic rings. The molecular weight excluding hydrogens is 382 g/mol. The van der Waals surface area contributed by atoms with Gasteiger partial charge in [0.1, 0.15) is 0 Å². The number of carbonyl (C=O) groups is 1. The van der Waals surface area contributed by atoms with E-state index in [2.05, 4.69) is 74.4 Å². The molecule has 0 aliphatic heterocycles. The summed E-state index contributed by atoms with van der Waals surface area (Å²) in [6.07, 6.45) is 8.13. The van der Waals surface area contributed by atoms with Gasteiger partial charge in [-0.15, -0.1) is 0 Å². The summed E-state index contributed by atoms with van der Waals surface area (Å²) in [5, 5.41) is 4.42. The van der Waals surface area contributed by atoms with Crippen molar-refractivity contribution in [2.24, 2.45) is 0 Å². The first-order chi connectivity index (χ1) is 15.1. The van der Waals surface area contributed by atoms with Crippen LogP contribution in [0, 0.1) is 0 Å². The van der Waals surface area contributed by atoms with E-state index in [1.54, 1.807) is 0 Å². The number of fused-ring (bicyclic) bond motifs is 1. The average Bonchev–Trinajstić information content (AvgIpc) is 3.14. The minimum Gasteiger partial charge on any atom is -0.307 e. The summed E-state index contributed by atoms with van der Waals surface area (Å²) < 4.78 is 1.92. The second-order valence-corrected chi connectivity index (χ2v) is 8.87. The van der Waals surface area contributed by atoms with Gasteiger partial charge in [-0.2, -0.15) is 5.10 Å². The van der Waals surface area contributed by atoms with Gasteiger partial charge in [0.2, 0.25) is 5.91 Å². The molecule has 4 heteroatoms. The maximum absolute atomic E-state index is 14.0. The molecular formula is C27H33N3O. The fraction of sp³-hybridized carbons (Fsp3) is 0.407. The van der Waals surface area contributed by atoms with E-state index in [0.717, 1.165) is 43.5 Å². The third kappa shape index (κ3) is 4.73. The summed E-state index contributed by atoms with van der Waals surface area (Å²) in [5.74, 6) is 0.565. The van der Waals surface area contributed by atoms with Gasteiger partial charge < -0.3 is 4.90 Å². The van der Waals surface area contributed by atoms with E-state index < -0.39 is 0 Å². The number of carbonyl (C=O) groups excluding carboxylic acids is 1. The Labute approximate surface area is 185 Å². The van der Waals surface area contributed by atoms with Crippen LogP contribution in [0.3, 0.4) is 0 Å². The molecule has 4 nitrogen and oxygen atoms in total. The van der Waals surface area contributed by atoms with Gasteiger partial charge in [0.15, 0.2) is 0 Å². The fourth-order valence-electron chi connectivity index (χ4n) is 4.55. The zero-order valence-electron chi connectivity index (χ0n) is 18.9. The highest BCUT2D eigenvalue weighted by atomic mass is 16.2. The Morgan fingerprint density at radius 3 is 2.61 bits per heavy atom. The van der Waals surface area contributed by atoms with Gasteiger partial charge in [-0.25, -0.2) is 0 Å². The summed E-state index contributed by atoms with van der Waals surface area (Å²) in [7, 11) is 0. The molecule has 0 N–H and O–H groups in total. The van der Waals surface area contributed by atoms with Crippen LogP contribution in [0.5, 0.6) is 0 Å². The molecule has 0 radical (unpaired) electrons. The molecule has 0 fully saturated rings. The van der Waals surface area contributed by atoms with Gasteiger partial charge >= 0.3 is 0 Å². The molecule has 0 bridgehead atoms. The maximum atomic E-state index is 14.0. The lowest BCUT2D eigenvalue weighted by molar-refractivity contribution is -0.120. The van der Waals surface area contributed by atoms with Crippen molar-refractivity contribution in [1.29, 1.82) is 0 Å². The molecule has 1 amide bonds. The Hall–Kier alpha value is -2.88. The van der Waals surface area contributed by atoms with Crippen LogP contribution in [0.25, 0.3) is 0 Å². The van der Waals surface area contributed by atoms with Crippen LogP contribution in [0.4, 0.5) is 5.69 Å². The molecule has 1 heterocycles. The van der Waals surface area contributed by atoms with Crippen LogP contribution >= 0.6 is 0 Å². The van der Waals surface area contributed by atoms with Crippen molar-refractivity contribution >= 4 is 11.6 Å². The number of hydrogen-bond acceptors (Lipinski definition) is 2. The first-order valence-corrected chi connectivity index (χ1v) is 11.6. The predicted octanol–water partition coefficient (Wildman–Crippen LogP) is 6.07. The first-order valence-electron chi connectivity index (χ1n) is 11.6. The van der Waals surface area contributed by atoms with Crippen molar-refractivity contribution in [3.63, 3.8) is 0 Å². The van der Waals surface area contributed by atoms with Crippen LogP contribution in [-0.2, 0) is 24.3 Å². The Balaban J connectivity index is 1.70. The van der Waals surface area contributed by atoms with E-state index in [4.69, 9.17) is 0 Å². The van der Waals surface area contributed by atoms with Crippen molar-refractivity contribution in [3.05, 3.63) is 83.2 Å². The molecule has 1 aliphatic carbocycles. The SMILES string of the molecule is CCn1cc(CN(C(=O)C2CCCCc3ccccc32)c2ccc(C(C)C)cc2)cn1. The summed E-state index contributed by atoms with van der Waals surface area (Å²) in [6.45, 7) is 7.83. The van der Waals surface area contributed by atoms with Crippen molar-refractivity contribution in [2.45, 2.75) is 71.4 Å². The molecule has 0 saturated heterocycles.